The summed E-state index contributed by atoms with van der Waals surface area (Å²) in [6.45, 7) is 4.70. The van der Waals surface area contributed by atoms with Crippen LogP contribution < -0.4 is 14.2 Å². The number of thioether (sulfide) groups is 1. The Morgan fingerprint density at radius 3 is 2.35 bits per heavy atom. The summed E-state index contributed by atoms with van der Waals surface area (Å²) >= 11 is 4.61. The summed E-state index contributed by atoms with van der Waals surface area (Å²) in [5.41, 5.74) is 4.17. The summed E-state index contributed by atoms with van der Waals surface area (Å²) in [7, 11) is 0. The van der Waals surface area contributed by atoms with Crippen LogP contribution in [0.5, 0.6) is 11.5 Å². The number of nitrogens with one attached hydrogen (secondary N) is 1. The van der Waals surface area contributed by atoms with E-state index in [4.69, 9.17) is 9.47 Å². The summed E-state index contributed by atoms with van der Waals surface area (Å²) in [5.74, 6) is 2.47. The molecule has 5 aromatic rings. The van der Waals surface area contributed by atoms with Gasteiger partial charge in [0.05, 0.1) is 5.69 Å². The highest BCUT2D eigenvalue weighted by atomic mass is 32.2. The number of amides is 1. The molecule has 1 aliphatic heterocycles. The minimum absolute atomic E-state index is 0.128. The van der Waals surface area contributed by atoms with Gasteiger partial charge in [-0.1, -0.05) is 66.7 Å². The van der Waals surface area contributed by atoms with E-state index in [1.807, 2.05) is 61.2 Å². The number of carbonyl (C=O) groups excluding carboxylic acids is 1. The van der Waals surface area contributed by atoms with Crippen molar-refractivity contribution < 1.29 is 14.3 Å². The molecule has 0 unspecified atom stereocenters. The standard InChI is InChI=1S/C34H31N3O3S3/c1-24-32(42-34(35-24)27-8-4-2-5-9-27)33(38)36-43-29-15-12-25(13-16-29)21-37(18-19-41-28-10-6-3-7-11-28)22-26-14-17-30-31(20-26)40-23-39-30/h2-17,20H,18-19,21-23H2,1H3,(H,36,38). The van der Waals surface area contributed by atoms with Gasteiger partial charge in [-0.15, -0.1) is 23.1 Å². The van der Waals surface area contributed by atoms with Crippen LogP contribution in [-0.2, 0) is 13.1 Å². The van der Waals surface area contributed by atoms with Crippen LogP contribution in [0.2, 0.25) is 0 Å². The fraction of sp³-hybridized carbons (Fsp3) is 0.176. The second-order valence-electron chi connectivity index (χ2n) is 10.0. The van der Waals surface area contributed by atoms with Crippen molar-refractivity contribution in [3.8, 4) is 22.1 Å². The number of rotatable bonds is 12. The molecule has 1 aliphatic rings. The molecule has 0 saturated carbocycles. The van der Waals surface area contributed by atoms with Gasteiger partial charge in [-0.3, -0.25) is 14.4 Å². The zero-order valence-corrected chi connectivity index (χ0v) is 26.1. The van der Waals surface area contributed by atoms with E-state index in [-0.39, 0.29) is 12.7 Å². The van der Waals surface area contributed by atoms with Gasteiger partial charge >= 0.3 is 0 Å². The number of hydrogen-bond donors (Lipinski definition) is 1. The maximum atomic E-state index is 13.0. The van der Waals surface area contributed by atoms with Crippen molar-refractivity contribution in [1.29, 1.82) is 0 Å². The number of carbonyl (C=O) groups is 1. The van der Waals surface area contributed by atoms with Crippen molar-refractivity contribution in [3.05, 3.63) is 125 Å². The van der Waals surface area contributed by atoms with Gasteiger partial charge in [0.25, 0.3) is 5.91 Å². The molecule has 1 amide bonds. The van der Waals surface area contributed by atoms with E-state index in [0.717, 1.165) is 58.0 Å². The highest BCUT2D eigenvalue weighted by molar-refractivity contribution is 7.99. The van der Waals surface area contributed by atoms with Gasteiger partial charge in [-0.2, -0.15) is 0 Å². The van der Waals surface area contributed by atoms with E-state index < -0.39 is 0 Å². The number of thiazole rings is 1. The molecule has 0 saturated heterocycles. The lowest BCUT2D eigenvalue weighted by Gasteiger charge is -2.23. The number of aromatic nitrogens is 1. The normalized spacial score (nSPS) is 12.0. The molecule has 2 heterocycles. The molecule has 0 bridgehead atoms. The van der Waals surface area contributed by atoms with Crippen molar-refractivity contribution in [2.75, 3.05) is 19.1 Å². The molecular weight excluding hydrogens is 595 g/mol. The van der Waals surface area contributed by atoms with Gasteiger partial charge in [-0.05, 0) is 66.4 Å². The lowest BCUT2D eigenvalue weighted by Crippen LogP contribution is -2.25. The van der Waals surface area contributed by atoms with Crippen molar-refractivity contribution in [1.82, 2.24) is 14.6 Å². The lowest BCUT2D eigenvalue weighted by molar-refractivity contribution is 0.0987. The first-order valence-corrected chi connectivity index (χ1v) is 16.6. The molecule has 0 radical (unpaired) electrons. The molecule has 1 N–H and O–H groups in total. The Balaban J connectivity index is 1.07. The third kappa shape index (κ3) is 7.80. The van der Waals surface area contributed by atoms with E-state index in [0.29, 0.717) is 4.88 Å². The predicted octanol–water partition coefficient (Wildman–Crippen LogP) is 8.08. The monoisotopic (exact) mass is 625 g/mol. The summed E-state index contributed by atoms with van der Waals surface area (Å²) in [4.78, 5) is 22.9. The smallest absolute Gasteiger partial charge is 0.273 e. The van der Waals surface area contributed by atoms with Crippen LogP contribution >= 0.6 is 35.0 Å². The molecule has 6 nitrogen and oxygen atoms in total. The Morgan fingerprint density at radius 2 is 1.56 bits per heavy atom. The van der Waals surface area contributed by atoms with Gasteiger partial charge in [-0.25, -0.2) is 4.98 Å². The first kappa shape index (κ1) is 29.3. The molecule has 1 aromatic heterocycles. The lowest BCUT2D eigenvalue weighted by atomic mass is 10.1. The molecule has 9 heteroatoms. The topological polar surface area (TPSA) is 63.7 Å². The Morgan fingerprint density at radius 1 is 0.860 bits per heavy atom. The van der Waals surface area contributed by atoms with E-state index in [1.165, 1.54) is 39.3 Å². The van der Waals surface area contributed by atoms with Crippen LogP contribution in [0.15, 0.2) is 113 Å². The van der Waals surface area contributed by atoms with Crippen LogP contribution in [0.4, 0.5) is 0 Å². The first-order valence-electron chi connectivity index (χ1n) is 14.0. The van der Waals surface area contributed by atoms with E-state index >= 15 is 0 Å². The first-order chi connectivity index (χ1) is 21.1. The van der Waals surface area contributed by atoms with Gasteiger partial charge < -0.3 is 9.47 Å². The van der Waals surface area contributed by atoms with Gasteiger partial charge in [0.15, 0.2) is 11.5 Å². The fourth-order valence-electron chi connectivity index (χ4n) is 4.70. The third-order valence-corrected chi connectivity index (χ3v) is 9.87. The molecule has 6 rings (SSSR count). The minimum atomic E-state index is -0.128. The van der Waals surface area contributed by atoms with Crippen LogP contribution in [0, 0.1) is 6.92 Å². The highest BCUT2D eigenvalue weighted by Crippen LogP contribution is 2.33. The number of hydrogen-bond acceptors (Lipinski definition) is 8. The van der Waals surface area contributed by atoms with Crippen molar-refractivity contribution in [2.24, 2.45) is 0 Å². The van der Waals surface area contributed by atoms with Crippen molar-refractivity contribution >= 4 is 41.0 Å². The summed E-state index contributed by atoms with van der Waals surface area (Å²) in [6.07, 6.45) is 0. The molecule has 0 atom stereocenters. The second-order valence-corrected chi connectivity index (χ2v) is 13.1. The van der Waals surface area contributed by atoms with Crippen molar-refractivity contribution in [2.45, 2.75) is 29.8 Å². The van der Waals surface area contributed by atoms with Crippen LogP contribution in [0.25, 0.3) is 10.6 Å². The van der Waals surface area contributed by atoms with Crippen LogP contribution in [0.3, 0.4) is 0 Å². The van der Waals surface area contributed by atoms with Crippen LogP contribution in [0.1, 0.15) is 26.5 Å². The fourth-order valence-corrected chi connectivity index (χ4v) is 7.26. The maximum absolute atomic E-state index is 13.0. The number of nitrogens with zero attached hydrogens (tertiary/aromatic N) is 2. The van der Waals surface area contributed by atoms with Crippen LogP contribution in [-0.4, -0.2) is 34.9 Å². The Kier molecular flexibility index (Phi) is 9.64. The summed E-state index contributed by atoms with van der Waals surface area (Å²) < 4.78 is 14.1. The quantitative estimate of drug-likeness (QED) is 0.111. The minimum Gasteiger partial charge on any atom is -0.454 e. The van der Waals surface area contributed by atoms with Gasteiger partial charge in [0.2, 0.25) is 6.79 Å². The van der Waals surface area contributed by atoms with E-state index in [2.05, 4.69) is 75.3 Å². The molecule has 4 aromatic carbocycles. The molecule has 43 heavy (non-hydrogen) atoms. The SMILES string of the molecule is Cc1nc(-c2ccccc2)sc1C(=O)NSc1ccc(CN(CCSc2ccccc2)Cc2ccc3c(c2)OCO3)cc1. The molecule has 218 valence electrons. The largest absolute Gasteiger partial charge is 0.454 e. The van der Waals surface area contributed by atoms with Gasteiger partial charge in [0.1, 0.15) is 9.88 Å². The second kappa shape index (κ2) is 14.1. The molecule has 0 spiro atoms. The molecule has 0 fully saturated rings. The summed E-state index contributed by atoms with van der Waals surface area (Å²) in [5, 5.41) is 0.852. The average molecular weight is 626 g/mol. The average Bonchev–Trinajstić information content (AvgIpc) is 3.68. The maximum Gasteiger partial charge on any atom is 0.273 e. The number of fused-ring (bicyclic) bond motifs is 1. The number of ether oxygens (including phenoxy) is 2. The Bertz CT molecular complexity index is 1660. The Hall–Kier alpha value is -3.76. The highest BCUT2D eigenvalue weighted by Gasteiger charge is 2.17. The van der Waals surface area contributed by atoms with E-state index in [9.17, 15) is 4.79 Å². The third-order valence-electron chi connectivity index (χ3n) is 6.88. The number of benzene rings is 4. The molecule has 0 aliphatic carbocycles. The van der Waals surface area contributed by atoms with Gasteiger partial charge in [0, 0.05) is 40.7 Å². The zero-order valence-electron chi connectivity index (χ0n) is 23.7. The molecular formula is C34H31N3O3S3. The zero-order chi connectivity index (χ0) is 29.4. The summed E-state index contributed by atoms with van der Waals surface area (Å²) in [6, 6.07) is 35.0. The predicted molar refractivity (Wildman–Crippen MR) is 176 cm³/mol. The number of aryl methyl sites for hydroxylation is 1. The van der Waals surface area contributed by atoms with Crippen molar-refractivity contribution in [3.63, 3.8) is 0 Å². The van der Waals surface area contributed by atoms with E-state index in [1.54, 1.807) is 0 Å². The Labute approximate surface area is 264 Å².